The van der Waals surface area contributed by atoms with Crippen molar-refractivity contribution in [1.29, 1.82) is 0 Å². The van der Waals surface area contributed by atoms with Crippen LogP contribution in [-0.2, 0) is 0 Å². The normalized spacial score (nSPS) is 12.1. The number of aliphatic hydroxyl groups excluding tert-OH is 1. The Kier molecular flexibility index (Phi) is 3.73. The zero-order valence-electron chi connectivity index (χ0n) is 9.71. The maximum Gasteiger partial charge on any atom is 0.145 e. The Balaban J connectivity index is 2.08. The van der Waals surface area contributed by atoms with Gasteiger partial charge in [-0.15, -0.1) is 0 Å². The molecule has 1 N–H and O–H groups in total. The minimum atomic E-state index is -0.401. The molecule has 0 spiro atoms. The first kappa shape index (κ1) is 11.6. The van der Waals surface area contributed by atoms with E-state index in [4.69, 9.17) is 4.74 Å². The Morgan fingerprint density at radius 2 is 1.94 bits per heavy atom. The van der Waals surface area contributed by atoms with Crippen molar-refractivity contribution < 1.29 is 9.84 Å². The minimum Gasteiger partial charge on any atom is -0.456 e. The molecule has 1 heterocycles. The lowest BCUT2D eigenvalue weighted by atomic mass is 10.1. The number of ether oxygens (including phenoxy) is 1. The number of aromatic nitrogens is 1. The van der Waals surface area contributed by atoms with E-state index < -0.39 is 6.10 Å². The first-order chi connectivity index (χ1) is 8.29. The highest BCUT2D eigenvalue weighted by Gasteiger charge is 2.04. The molecule has 2 rings (SSSR count). The number of nitrogens with zero attached hydrogens (tertiary/aromatic N) is 1. The lowest BCUT2D eigenvalue weighted by Gasteiger charge is -2.09. The molecule has 0 amide bonds. The lowest BCUT2D eigenvalue weighted by molar-refractivity contribution is 0.173. The molecule has 0 radical (unpaired) electrons. The molecule has 2 aromatic rings. The predicted octanol–water partition coefficient (Wildman–Crippen LogP) is 3.32. The van der Waals surface area contributed by atoms with Crippen LogP contribution in [0.1, 0.15) is 25.0 Å². The van der Waals surface area contributed by atoms with E-state index in [0.29, 0.717) is 12.2 Å². The molecule has 0 bridgehead atoms. The van der Waals surface area contributed by atoms with Crippen LogP contribution >= 0.6 is 0 Å². The molecular formula is C14H15NO2. The number of benzene rings is 1. The van der Waals surface area contributed by atoms with Gasteiger partial charge in [0.15, 0.2) is 0 Å². The smallest absolute Gasteiger partial charge is 0.145 e. The summed E-state index contributed by atoms with van der Waals surface area (Å²) in [5.41, 5.74) is 0.908. The number of hydrogen-bond donors (Lipinski definition) is 1. The van der Waals surface area contributed by atoms with Gasteiger partial charge in [-0.05, 0) is 36.2 Å². The highest BCUT2D eigenvalue weighted by molar-refractivity contribution is 5.32. The first-order valence-electron chi connectivity index (χ1n) is 5.65. The summed E-state index contributed by atoms with van der Waals surface area (Å²) in [7, 11) is 0. The standard InChI is InChI=1S/C14H15NO2/c1-2-14(16)11-5-7-12(8-6-11)17-13-4-3-9-15-10-13/h3-10,14,16H,2H2,1H3/t14-/m0/s1. The van der Waals surface area contributed by atoms with Crippen LogP contribution in [0, 0.1) is 0 Å². The Hall–Kier alpha value is -1.87. The third-order valence-electron chi connectivity index (χ3n) is 2.52. The van der Waals surface area contributed by atoms with Crippen molar-refractivity contribution >= 4 is 0 Å². The Labute approximate surface area is 101 Å². The van der Waals surface area contributed by atoms with E-state index in [1.807, 2.05) is 43.3 Å². The van der Waals surface area contributed by atoms with Crippen molar-refractivity contribution in [2.24, 2.45) is 0 Å². The van der Waals surface area contributed by atoms with Gasteiger partial charge in [0.2, 0.25) is 0 Å². The van der Waals surface area contributed by atoms with E-state index in [1.54, 1.807) is 12.4 Å². The van der Waals surface area contributed by atoms with Crippen molar-refractivity contribution in [1.82, 2.24) is 4.98 Å². The van der Waals surface area contributed by atoms with Gasteiger partial charge >= 0.3 is 0 Å². The third-order valence-corrected chi connectivity index (χ3v) is 2.52. The summed E-state index contributed by atoms with van der Waals surface area (Å²) in [6.45, 7) is 1.95. The number of rotatable bonds is 4. The van der Waals surface area contributed by atoms with Gasteiger partial charge in [-0.2, -0.15) is 0 Å². The topological polar surface area (TPSA) is 42.4 Å². The molecule has 0 aliphatic heterocycles. The molecule has 1 aromatic heterocycles. The lowest BCUT2D eigenvalue weighted by Crippen LogP contribution is -1.94. The first-order valence-corrected chi connectivity index (χ1v) is 5.65. The number of pyridine rings is 1. The summed E-state index contributed by atoms with van der Waals surface area (Å²) < 4.78 is 5.60. The second-order valence-corrected chi connectivity index (χ2v) is 3.78. The average molecular weight is 229 g/mol. The fourth-order valence-corrected chi connectivity index (χ4v) is 1.54. The molecule has 17 heavy (non-hydrogen) atoms. The summed E-state index contributed by atoms with van der Waals surface area (Å²) in [6.07, 6.45) is 3.67. The van der Waals surface area contributed by atoms with E-state index in [1.165, 1.54) is 0 Å². The van der Waals surface area contributed by atoms with Crippen molar-refractivity contribution in [3.63, 3.8) is 0 Å². The Morgan fingerprint density at radius 1 is 1.18 bits per heavy atom. The molecule has 3 nitrogen and oxygen atoms in total. The van der Waals surface area contributed by atoms with Crippen LogP contribution in [0.2, 0.25) is 0 Å². The third kappa shape index (κ3) is 3.04. The molecule has 0 aliphatic rings. The van der Waals surface area contributed by atoms with E-state index >= 15 is 0 Å². The predicted molar refractivity (Wildman–Crippen MR) is 66.0 cm³/mol. The molecule has 1 atom stereocenters. The van der Waals surface area contributed by atoms with Gasteiger partial charge < -0.3 is 9.84 Å². The average Bonchev–Trinajstić information content (AvgIpc) is 2.40. The van der Waals surface area contributed by atoms with Gasteiger partial charge in [0, 0.05) is 6.20 Å². The zero-order valence-corrected chi connectivity index (χ0v) is 9.71. The van der Waals surface area contributed by atoms with Crippen LogP contribution in [0.4, 0.5) is 0 Å². The molecule has 0 aliphatic carbocycles. The summed E-state index contributed by atoms with van der Waals surface area (Å²) in [5, 5.41) is 9.66. The monoisotopic (exact) mass is 229 g/mol. The number of hydrogen-bond acceptors (Lipinski definition) is 3. The van der Waals surface area contributed by atoms with Gasteiger partial charge in [-0.25, -0.2) is 0 Å². The fraction of sp³-hybridized carbons (Fsp3) is 0.214. The summed E-state index contributed by atoms with van der Waals surface area (Å²) in [6, 6.07) is 11.1. The van der Waals surface area contributed by atoms with Gasteiger partial charge in [0.1, 0.15) is 11.5 Å². The minimum absolute atomic E-state index is 0.401. The van der Waals surface area contributed by atoms with Crippen LogP contribution in [0.3, 0.4) is 0 Å². The van der Waals surface area contributed by atoms with Crippen LogP contribution in [0.25, 0.3) is 0 Å². The van der Waals surface area contributed by atoms with E-state index in [9.17, 15) is 5.11 Å². The van der Waals surface area contributed by atoms with Gasteiger partial charge in [-0.3, -0.25) is 4.98 Å². The molecule has 88 valence electrons. The quantitative estimate of drug-likeness (QED) is 0.874. The van der Waals surface area contributed by atoms with E-state index in [2.05, 4.69) is 4.98 Å². The van der Waals surface area contributed by atoms with Crippen molar-refractivity contribution in [3.8, 4) is 11.5 Å². The molecular weight excluding hydrogens is 214 g/mol. The van der Waals surface area contributed by atoms with E-state index in [0.717, 1.165) is 11.3 Å². The second-order valence-electron chi connectivity index (χ2n) is 3.78. The van der Waals surface area contributed by atoms with E-state index in [-0.39, 0.29) is 0 Å². The summed E-state index contributed by atoms with van der Waals surface area (Å²) in [5.74, 6) is 1.45. The maximum atomic E-state index is 9.66. The zero-order chi connectivity index (χ0) is 12.1. The molecule has 3 heteroatoms. The molecule has 0 fully saturated rings. The van der Waals surface area contributed by atoms with Crippen LogP contribution < -0.4 is 4.74 Å². The van der Waals surface area contributed by atoms with Crippen LogP contribution in [-0.4, -0.2) is 10.1 Å². The summed E-state index contributed by atoms with van der Waals surface area (Å²) >= 11 is 0. The SMILES string of the molecule is CC[C@H](O)c1ccc(Oc2cccnc2)cc1. The molecule has 0 saturated carbocycles. The van der Waals surface area contributed by atoms with Crippen LogP contribution in [0.15, 0.2) is 48.8 Å². The van der Waals surface area contributed by atoms with Crippen LogP contribution in [0.5, 0.6) is 11.5 Å². The highest BCUT2D eigenvalue weighted by Crippen LogP contribution is 2.23. The molecule has 0 saturated heterocycles. The Bertz CT molecular complexity index is 453. The highest BCUT2D eigenvalue weighted by atomic mass is 16.5. The van der Waals surface area contributed by atoms with Gasteiger partial charge in [0.25, 0.3) is 0 Å². The second kappa shape index (κ2) is 5.46. The molecule has 1 aromatic carbocycles. The summed E-state index contributed by atoms with van der Waals surface area (Å²) in [4.78, 5) is 3.97. The number of aliphatic hydroxyl groups is 1. The van der Waals surface area contributed by atoms with Gasteiger partial charge in [0.05, 0.1) is 12.3 Å². The van der Waals surface area contributed by atoms with Crippen molar-refractivity contribution in [2.45, 2.75) is 19.4 Å². The fourth-order valence-electron chi connectivity index (χ4n) is 1.54. The van der Waals surface area contributed by atoms with Crippen molar-refractivity contribution in [3.05, 3.63) is 54.4 Å². The Morgan fingerprint density at radius 3 is 2.53 bits per heavy atom. The van der Waals surface area contributed by atoms with Crippen molar-refractivity contribution in [2.75, 3.05) is 0 Å². The maximum absolute atomic E-state index is 9.66. The molecule has 0 unspecified atom stereocenters. The largest absolute Gasteiger partial charge is 0.456 e. The van der Waals surface area contributed by atoms with Gasteiger partial charge in [-0.1, -0.05) is 19.1 Å².